The predicted molar refractivity (Wildman–Crippen MR) is 80.6 cm³/mol. The van der Waals surface area contributed by atoms with Crippen molar-refractivity contribution in [3.63, 3.8) is 0 Å². The number of imidazole rings is 1. The van der Waals surface area contributed by atoms with Crippen molar-refractivity contribution in [1.82, 2.24) is 14.3 Å². The van der Waals surface area contributed by atoms with Gasteiger partial charge in [0.1, 0.15) is 0 Å². The average molecular weight is 359 g/mol. The summed E-state index contributed by atoms with van der Waals surface area (Å²) in [4.78, 5) is 4.09. The number of rotatable bonds is 6. The monoisotopic (exact) mass is 358 g/mol. The normalized spacial score (nSPS) is 11.7. The summed E-state index contributed by atoms with van der Waals surface area (Å²) in [5.74, 6) is 0. The summed E-state index contributed by atoms with van der Waals surface area (Å²) in [6, 6.07) is 4.57. The standard InChI is InChI=1S/C12H15BrN4O2S/c13-11-3-2-10(8-12(11)14)20(18,19)16-4-1-6-17-7-5-15-9-17/h2-3,5,7-9,16H,1,4,6,14H2. The first kappa shape index (κ1) is 15.0. The topological polar surface area (TPSA) is 90.0 Å². The van der Waals surface area contributed by atoms with E-state index in [4.69, 9.17) is 5.73 Å². The van der Waals surface area contributed by atoms with E-state index in [-0.39, 0.29) is 4.90 Å². The van der Waals surface area contributed by atoms with Crippen LogP contribution in [-0.4, -0.2) is 24.5 Å². The Hall–Kier alpha value is -1.38. The van der Waals surface area contributed by atoms with Gasteiger partial charge in [-0.3, -0.25) is 0 Å². The summed E-state index contributed by atoms with van der Waals surface area (Å²) in [7, 11) is -3.52. The van der Waals surface area contributed by atoms with Crippen LogP contribution < -0.4 is 10.5 Å². The Labute approximate surface area is 126 Å². The van der Waals surface area contributed by atoms with E-state index < -0.39 is 10.0 Å². The maximum Gasteiger partial charge on any atom is 0.240 e. The van der Waals surface area contributed by atoms with E-state index in [2.05, 4.69) is 25.6 Å². The van der Waals surface area contributed by atoms with Crippen molar-refractivity contribution in [2.24, 2.45) is 0 Å². The second kappa shape index (κ2) is 6.38. The minimum atomic E-state index is -3.52. The molecule has 0 spiro atoms. The molecule has 1 heterocycles. The van der Waals surface area contributed by atoms with Gasteiger partial charge in [-0.2, -0.15) is 0 Å². The number of hydrogen-bond donors (Lipinski definition) is 2. The van der Waals surface area contributed by atoms with Crippen LogP contribution in [0.4, 0.5) is 5.69 Å². The Morgan fingerprint density at radius 1 is 1.40 bits per heavy atom. The number of hydrogen-bond acceptors (Lipinski definition) is 4. The van der Waals surface area contributed by atoms with E-state index in [0.717, 1.165) is 0 Å². The van der Waals surface area contributed by atoms with E-state index in [9.17, 15) is 8.42 Å². The molecule has 8 heteroatoms. The van der Waals surface area contributed by atoms with Gasteiger partial charge < -0.3 is 10.3 Å². The third-order valence-corrected chi connectivity index (χ3v) is 4.90. The molecule has 0 amide bonds. The Morgan fingerprint density at radius 3 is 2.85 bits per heavy atom. The predicted octanol–water partition coefficient (Wildman–Crippen LogP) is 1.60. The molecule has 0 aliphatic carbocycles. The maximum atomic E-state index is 12.1. The number of nitrogens with two attached hydrogens (primary N) is 1. The highest BCUT2D eigenvalue weighted by molar-refractivity contribution is 9.10. The van der Waals surface area contributed by atoms with Crippen molar-refractivity contribution >= 4 is 31.6 Å². The van der Waals surface area contributed by atoms with E-state index >= 15 is 0 Å². The summed E-state index contributed by atoms with van der Waals surface area (Å²) in [6.07, 6.45) is 5.91. The smallest absolute Gasteiger partial charge is 0.240 e. The lowest BCUT2D eigenvalue weighted by Gasteiger charge is -2.08. The molecule has 0 radical (unpaired) electrons. The summed E-state index contributed by atoms with van der Waals surface area (Å²) in [6.45, 7) is 1.07. The Balaban J connectivity index is 1.92. The molecule has 0 unspecified atom stereocenters. The van der Waals surface area contributed by atoms with Gasteiger partial charge in [-0.1, -0.05) is 0 Å². The fourth-order valence-electron chi connectivity index (χ4n) is 1.66. The van der Waals surface area contributed by atoms with Crippen molar-refractivity contribution in [3.05, 3.63) is 41.4 Å². The zero-order chi connectivity index (χ0) is 14.6. The van der Waals surface area contributed by atoms with E-state index in [1.165, 1.54) is 12.1 Å². The maximum absolute atomic E-state index is 12.1. The van der Waals surface area contributed by atoms with Crippen molar-refractivity contribution in [3.8, 4) is 0 Å². The van der Waals surface area contributed by atoms with E-state index in [1.54, 1.807) is 18.6 Å². The first-order valence-corrected chi connectivity index (χ1v) is 8.27. The van der Waals surface area contributed by atoms with Crippen LogP contribution in [0.3, 0.4) is 0 Å². The summed E-state index contributed by atoms with van der Waals surface area (Å²) in [5.41, 5.74) is 6.08. The van der Waals surface area contributed by atoms with Gasteiger partial charge in [0, 0.05) is 35.6 Å². The van der Waals surface area contributed by atoms with Gasteiger partial charge in [-0.25, -0.2) is 18.1 Å². The van der Waals surface area contributed by atoms with Gasteiger partial charge >= 0.3 is 0 Å². The highest BCUT2D eigenvalue weighted by atomic mass is 79.9. The number of aromatic nitrogens is 2. The minimum Gasteiger partial charge on any atom is -0.398 e. The van der Waals surface area contributed by atoms with Crippen LogP contribution in [0.5, 0.6) is 0 Å². The highest BCUT2D eigenvalue weighted by Crippen LogP contribution is 2.22. The summed E-state index contributed by atoms with van der Waals surface area (Å²) in [5, 5.41) is 0. The molecule has 0 bridgehead atoms. The Morgan fingerprint density at radius 2 is 2.20 bits per heavy atom. The highest BCUT2D eigenvalue weighted by Gasteiger charge is 2.14. The number of aryl methyl sites for hydroxylation is 1. The molecule has 2 rings (SSSR count). The van der Waals surface area contributed by atoms with E-state index in [0.29, 0.717) is 29.7 Å². The van der Waals surface area contributed by atoms with Crippen LogP contribution >= 0.6 is 15.9 Å². The first-order chi connectivity index (χ1) is 9.49. The van der Waals surface area contributed by atoms with Gasteiger partial charge in [0.2, 0.25) is 10.0 Å². The molecule has 0 fully saturated rings. The first-order valence-electron chi connectivity index (χ1n) is 5.99. The minimum absolute atomic E-state index is 0.167. The van der Waals surface area contributed by atoms with Crippen LogP contribution in [0.2, 0.25) is 0 Å². The third kappa shape index (κ3) is 3.81. The van der Waals surface area contributed by atoms with Crippen LogP contribution in [0, 0.1) is 0 Å². The van der Waals surface area contributed by atoms with Gasteiger partial charge in [0.05, 0.1) is 11.2 Å². The van der Waals surface area contributed by atoms with Crippen LogP contribution in [0.1, 0.15) is 6.42 Å². The number of halogens is 1. The molecular formula is C12H15BrN4O2S. The SMILES string of the molecule is Nc1cc(S(=O)(=O)NCCCn2ccnc2)ccc1Br. The largest absolute Gasteiger partial charge is 0.398 e. The molecule has 108 valence electrons. The van der Waals surface area contributed by atoms with Gasteiger partial charge in [0.25, 0.3) is 0 Å². The molecule has 0 saturated heterocycles. The molecule has 1 aromatic heterocycles. The zero-order valence-corrected chi connectivity index (χ0v) is 13.1. The lowest BCUT2D eigenvalue weighted by atomic mass is 10.3. The van der Waals surface area contributed by atoms with Crippen molar-refractivity contribution < 1.29 is 8.42 Å². The third-order valence-electron chi connectivity index (χ3n) is 2.72. The van der Waals surface area contributed by atoms with Crippen LogP contribution in [-0.2, 0) is 16.6 Å². The van der Waals surface area contributed by atoms with Crippen molar-refractivity contribution in [2.75, 3.05) is 12.3 Å². The lowest BCUT2D eigenvalue weighted by Crippen LogP contribution is -2.25. The molecule has 1 aromatic carbocycles. The molecule has 0 saturated carbocycles. The quantitative estimate of drug-likeness (QED) is 0.606. The lowest BCUT2D eigenvalue weighted by molar-refractivity contribution is 0.570. The molecular weight excluding hydrogens is 344 g/mol. The number of nitrogens with one attached hydrogen (secondary N) is 1. The molecule has 20 heavy (non-hydrogen) atoms. The zero-order valence-electron chi connectivity index (χ0n) is 10.7. The fraction of sp³-hybridized carbons (Fsp3) is 0.250. The number of nitrogen functional groups attached to an aromatic ring is 1. The number of anilines is 1. The molecule has 0 atom stereocenters. The number of sulfonamides is 1. The second-order valence-corrected chi connectivity index (χ2v) is 6.86. The van der Waals surface area contributed by atoms with Crippen LogP contribution in [0.15, 0.2) is 46.3 Å². The second-order valence-electron chi connectivity index (χ2n) is 4.24. The number of nitrogens with zero attached hydrogens (tertiary/aromatic N) is 2. The summed E-state index contributed by atoms with van der Waals surface area (Å²) < 4.78 is 29.2. The molecule has 3 N–H and O–H groups in total. The molecule has 0 aliphatic heterocycles. The number of benzene rings is 1. The van der Waals surface area contributed by atoms with Gasteiger partial charge in [-0.05, 0) is 40.5 Å². The fourth-order valence-corrected chi connectivity index (χ4v) is 3.02. The Bertz CT molecular complexity index is 671. The molecule has 0 aliphatic rings. The van der Waals surface area contributed by atoms with Crippen molar-refractivity contribution in [2.45, 2.75) is 17.9 Å². The molecule has 2 aromatic rings. The Kier molecular flexibility index (Phi) is 4.79. The van der Waals surface area contributed by atoms with Gasteiger partial charge in [0.15, 0.2) is 0 Å². The average Bonchev–Trinajstić information content (AvgIpc) is 2.91. The van der Waals surface area contributed by atoms with E-state index in [1.807, 2.05) is 10.8 Å². The van der Waals surface area contributed by atoms with Gasteiger partial charge in [-0.15, -0.1) is 0 Å². The molecule has 6 nitrogen and oxygen atoms in total. The van der Waals surface area contributed by atoms with Crippen LogP contribution in [0.25, 0.3) is 0 Å². The van der Waals surface area contributed by atoms with Crippen molar-refractivity contribution in [1.29, 1.82) is 0 Å². The summed E-state index contributed by atoms with van der Waals surface area (Å²) >= 11 is 3.23.